The molecule has 0 saturated carbocycles. The van der Waals surface area contributed by atoms with Gasteiger partial charge in [0.05, 0.1) is 24.4 Å². The van der Waals surface area contributed by atoms with Crippen molar-refractivity contribution in [3.8, 4) is 0 Å². The molecule has 23 heavy (non-hydrogen) atoms. The molecule has 0 spiro atoms. The summed E-state index contributed by atoms with van der Waals surface area (Å²) in [5, 5.41) is 0.179. The highest BCUT2D eigenvalue weighted by Crippen LogP contribution is 2.31. The largest absolute Gasteiger partial charge is 0.463 e. The third-order valence-corrected chi connectivity index (χ3v) is 4.23. The molecule has 0 bridgehead atoms. The molecule has 0 unspecified atom stereocenters. The number of ether oxygens (including phenoxy) is 1. The number of alkyl halides is 2. The summed E-state index contributed by atoms with van der Waals surface area (Å²) in [7, 11) is 1.25. The van der Waals surface area contributed by atoms with Crippen LogP contribution in [0.15, 0.2) is 46.2 Å². The highest BCUT2D eigenvalue weighted by atomic mass is 32.2. The van der Waals surface area contributed by atoms with E-state index in [0.717, 1.165) is 16.3 Å². The number of furan rings is 1. The van der Waals surface area contributed by atoms with Crippen LogP contribution in [-0.4, -0.2) is 22.6 Å². The summed E-state index contributed by atoms with van der Waals surface area (Å²) in [4.78, 5) is 15.8. The third-order valence-electron chi connectivity index (χ3n) is 3.23. The number of nitrogens with zero attached hydrogens (tertiary/aromatic N) is 2. The lowest BCUT2D eigenvalue weighted by molar-refractivity contribution is 0.0563. The molecule has 0 aliphatic heterocycles. The molecule has 8 heteroatoms. The number of rotatable bonds is 5. The summed E-state index contributed by atoms with van der Waals surface area (Å²) in [5.74, 6) is -0.274. The predicted octanol–water partition coefficient (Wildman–Crippen LogP) is 4.10. The minimum atomic E-state index is -2.70. The highest BCUT2D eigenvalue weighted by molar-refractivity contribution is 7.98. The second-order valence-electron chi connectivity index (χ2n) is 4.59. The van der Waals surface area contributed by atoms with Gasteiger partial charge in [-0.05, 0) is 18.2 Å². The summed E-state index contributed by atoms with van der Waals surface area (Å²) < 4.78 is 37.2. The van der Waals surface area contributed by atoms with E-state index >= 15 is 0 Å². The molecule has 1 aromatic carbocycles. The van der Waals surface area contributed by atoms with Gasteiger partial charge in [-0.2, -0.15) is 8.78 Å². The van der Waals surface area contributed by atoms with E-state index in [-0.39, 0.29) is 16.7 Å². The molecule has 3 rings (SSSR count). The van der Waals surface area contributed by atoms with Gasteiger partial charge in [-0.3, -0.25) is 4.57 Å². The number of esters is 1. The Morgan fingerprint density at radius 1 is 1.39 bits per heavy atom. The van der Waals surface area contributed by atoms with Crippen molar-refractivity contribution < 1.29 is 22.7 Å². The van der Waals surface area contributed by atoms with Crippen LogP contribution in [0.25, 0.3) is 11.0 Å². The molecule has 2 heterocycles. The van der Waals surface area contributed by atoms with Gasteiger partial charge in [0.15, 0.2) is 5.16 Å². The van der Waals surface area contributed by atoms with Gasteiger partial charge in [0.1, 0.15) is 0 Å². The van der Waals surface area contributed by atoms with Crippen molar-refractivity contribution in [2.24, 2.45) is 0 Å². The summed E-state index contributed by atoms with van der Waals surface area (Å²) in [5.41, 5.74) is 1.43. The van der Waals surface area contributed by atoms with E-state index in [2.05, 4.69) is 9.72 Å². The van der Waals surface area contributed by atoms with E-state index < -0.39 is 12.5 Å². The molecule has 5 nitrogen and oxygen atoms in total. The lowest BCUT2D eigenvalue weighted by atomic mass is 10.3. The third kappa shape index (κ3) is 2.94. The molecule has 0 aliphatic rings. The van der Waals surface area contributed by atoms with Crippen molar-refractivity contribution in [1.82, 2.24) is 9.55 Å². The maximum Gasteiger partial charge on any atom is 0.374 e. The lowest BCUT2D eigenvalue weighted by Gasteiger charge is -2.07. The number of hydrogen-bond donors (Lipinski definition) is 0. The Morgan fingerprint density at radius 2 is 2.17 bits per heavy atom. The maximum absolute atomic E-state index is 13.3. The standard InChI is InChI=1S/C15H12F2N2O3S/c1-21-13(20)12-9(6-7-22-12)8-23-15-18-10-4-2-3-5-11(10)19(15)14(16)17/h2-7,14H,8H2,1H3. The molecule has 0 radical (unpaired) electrons. The molecule has 2 aromatic heterocycles. The molecule has 0 amide bonds. The molecule has 0 atom stereocenters. The molecule has 0 aliphatic carbocycles. The van der Waals surface area contributed by atoms with E-state index in [1.54, 1.807) is 30.3 Å². The first kappa shape index (κ1) is 15.5. The maximum atomic E-state index is 13.3. The van der Waals surface area contributed by atoms with Crippen molar-refractivity contribution in [2.45, 2.75) is 17.5 Å². The van der Waals surface area contributed by atoms with E-state index in [4.69, 9.17) is 4.42 Å². The minimum absolute atomic E-state index is 0.0692. The van der Waals surface area contributed by atoms with Crippen LogP contribution >= 0.6 is 11.8 Å². The molecule has 0 fully saturated rings. The predicted molar refractivity (Wildman–Crippen MR) is 80.6 cm³/mol. The van der Waals surface area contributed by atoms with Gasteiger partial charge in [-0.25, -0.2) is 9.78 Å². The second-order valence-corrected chi connectivity index (χ2v) is 5.53. The Hall–Kier alpha value is -2.35. The first-order valence-electron chi connectivity index (χ1n) is 6.64. The summed E-state index contributed by atoms with van der Waals surface area (Å²) in [6.07, 6.45) is 1.36. The fraction of sp³-hybridized carbons (Fsp3) is 0.200. The van der Waals surface area contributed by atoms with Crippen molar-refractivity contribution >= 4 is 28.8 Å². The monoisotopic (exact) mass is 338 g/mol. The molecule has 120 valence electrons. The Balaban J connectivity index is 1.89. The number of aromatic nitrogens is 2. The van der Waals surface area contributed by atoms with Gasteiger partial charge in [-0.15, -0.1) is 0 Å². The van der Waals surface area contributed by atoms with E-state index in [1.807, 2.05) is 0 Å². The number of carbonyl (C=O) groups is 1. The fourth-order valence-corrected chi connectivity index (χ4v) is 3.17. The number of para-hydroxylation sites is 2. The minimum Gasteiger partial charge on any atom is -0.463 e. The van der Waals surface area contributed by atoms with Crippen LogP contribution < -0.4 is 0 Å². The number of thioether (sulfide) groups is 1. The highest BCUT2D eigenvalue weighted by Gasteiger charge is 2.20. The topological polar surface area (TPSA) is 57.3 Å². The number of fused-ring (bicyclic) bond motifs is 1. The van der Waals surface area contributed by atoms with Crippen molar-refractivity contribution in [3.05, 3.63) is 47.9 Å². The SMILES string of the molecule is COC(=O)c1occc1CSc1nc2ccccc2n1C(F)F. The first-order valence-corrected chi connectivity index (χ1v) is 7.63. The normalized spacial score (nSPS) is 11.3. The van der Waals surface area contributed by atoms with Crippen LogP contribution in [0.3, 0.4) is 0 Å². The summed E-state index contributed by atoms with van der Waals surface area (Å²) in [6, 6.07) is 8.30. The molecular weight excluding hydrogens is 326 g/mol. The Labute approximate surface area is 134 Å². The lowest BCUT2D eigenvalue weighted by Crippen LogP contribution is -2.03. The summed E-state index contributed by atoms with van der Waals surface area (Å²) >= 11 is 1.10. The van der Waals surface area contributed by atoms with Crippen molar-refractivity contribution in [2.75, 3.05) is 7.11 Å². The number of imidazole rings is 1. The van der Waals surface area contributed by atoms with Gasteiger partial charge in [0.2, 0.25) is 5.76 Å². The summed E-state index contributed by atoms with van der Waals surface area (Å²) in [6.45, 7) is -2.70. The zero-order valence-corrected chi connectivity index (χ0v) is 12.8. The zero-order valence-electron chi connectivity index (χ0n) is 12.0. The van der Waals surface area contributed by atoms with Gasteiger partial charge in [-0.1, -0.05) is 23.9 Å². The molecular formula is C15H12F2N2O3S. The van der Waals surface area contributed by atoms with Crippen LogP contribution in [0.1, 0.15) is 22.7 Å². The van der Waals surface area contributed by atoms with E-state index in [1.165, 1.54) is 13.4 Å². The molecule has 3 aromatic rings. The number of halogens is 2. The smallest absolute Gasteiger partial charge is 0.374 e. The number of methoxy groups -OCH3 is 1. The van der Waals surface area contributed by atoms with Crippen LogP contribution in [0.2, 0.25) is 0 Å². The Morgan fingerprint density at radius 3 is 2.91 bits per heavy atom. The van der Waals surface area contributed by atoms with Crippen LogP contribution in [-0.2, 0) is 10.5 Å². The molecule has 0 saturated heterocycles. The Bertz CT molecular complexity index is 844. The van der Waals surface area contributed by atoms with Gasteiger partial charge >= 0.3 is 12.5 Å². The van der Waals surface area contributed by atoms with E-state index in [9.17, 15) is 13.6 Å². The van der Waals surface area contributed by atoms with Crippen molar-refractivity contribution in [3.63, 3.8) is 0 Å². The van der Waals surface area contributed by atoms with Gasteiger partial charge in [0.25, 0.3) is 0 Å². The van der Waals surface area contributed by atoms with Gasteiger partial charge < -0.3 is 9.15 Å². The molecule has 0 N–H and O–H groups in total. The Kier molecular flexibility index (Phi) is 4.33. The number of carbonyl (C=O) groups excluding carboxylic acids is 1. The zero-order chi connectivity index (χ0) is 16.4. The number of benzene rings is 1. The average molecular weight is 338 g/mol. The van der Waals surface area contributed by atoms with Crippen molar-refractivity contribution in [1.29, 1.82) is 0 Å². The van der Waals surface area contributed by atoms with Crippen LogP contribution in [0, 0.1) is 0 Å². The fourth-order valence-electron chi connectivity index (χ4n) is 2.18. The van der Waals surface area contributed by atoms with E-state index in [0.29, 0.717) is 16.6 Å². The first-order chi connectivity index (χ1) is 11.1. The average Bonchev–Trinajstić information content (AvgIpc) is 3.15. The quantitative estimate of drug-likeness (QED) is 0.518. The van der Waals surface area contributed by atoms with Crippen LogP contribution in [0.5, 0.6) is 0 Å². The number of hydrogen-bond acceptors (Lipinski definition) is 5. The van der Waals surface area contributed by atoms with Gasteiger partial charge in [0, 0.05) is 11.3 Å². The van der Waals surface area contributed by atoms with Crippen LogP contribution in [0.4, 0.5) is 8.78 Å². The second kappa shape index (κ2) is 6.41.